The summed E-state index contributed by atoms with van der Waals surface area (Å²) in [6, 6.07) is 9.05. The predicted molar refractivity (Wildman–Crippen MR) is 124 cm³/mol. The van der Waals surface area contributed by atoms with Gasteiger partial charge in [-0.1, -0.05) is 28.8 Å². The Labute approximate surface area is 182 Å². The molecule has 0 amide bonds. The number of hydrogen-bond donors (Lipinski definition) is 1. The highest BCUT2D eigenvalue weighted by Gasteiger charge is 2.23. The highest BCUT2D eigenvalue weighted by molar-refractivity contribution is 9.10. The number of aromatic nitrogens is 2. The van der Waals surface area contributed by atoms with E-state index < -0.39 is 0 Å². The van der Waals surface area contributed by atoms with Crippen LogP contribution in [0.2, 0.25) is 0 Å². The average Bonchev–Trinajstić information content (AvgIpc) is 3.34. The van der Waals surface area contributed by atoms with Gasteiger partial charge in [-0.25, -0.2) is 9.97 Å². The second kappa shape index (κ2) is 8.33. The molecule has 1 fully saturated rings. The molecule has 5 rings (SSSR count). The smallest absolute Gasteiger partial charge is 0.142 e. The summed E-state index contributed by atoms with van der Waals surface area (Å²) in [5, 5.41) is 5.13. The lowest BCUT2D eigenvalue weighted by Gasteiger charge is -2.16. The van der Waals surface area contributed by atoms with Crippen molar-refractivity contribution in [3.63, 3.8) is 0 Å². The van der Waals surface area contributed by atoms with E-state index in [4.69, 9.17) is 9.97 Å². The summed E-state index contributed by atoms with van der Waals surface area (Å²) in [5.74, 6) is 2.85. The monoisotopic (exact) mass is 473 g/mol. The number of benzene rings is 1. The maximum absolute atomic E-state index is 5.03. The van der Waals surface area contributed by atoms with Crippen LogP contribution in [0.1, 0.15) is 54.8 Å². The van der Waals surface area contributed by atoms with Crippen LogP contribution in [-0.2, 0) is 18.6 Å². The SMILES string of the molecule is Brc1ccc(SCc2nc(NC3CCCC3)c3c4c(sc3n2)CCCC4)cc1. The van der Waals surface area contributed by atoms with Crippen molar-refractivity contribution in [3.05, 3.63) is 45.0 Å². The van der Waals surface area contributed by atoms with E-state index in [1.54, 1.807) is 4.88 Å². The average molecular weight is 474 g/mol. The number of nitrogens with zero attached hydrogens (tertiary/aromatic N) is 2. The lowest BCUT2D eigenvalue weighted by Crippen LogP contribution is -2.17. The first-order valence-corrected chi connectivity index (χ1v) is 12.8. The van der Waals surface area contributed by atoms with Gasteiger partial charge in [0.15, 0.2) is 0 Å². The van der Waals surface area contributed by atoms with Crippen molar-refractivity contribution in [2.75, 3.05) is 5.32 Å². The summed E-state index contributed by atoms with van der Waals surface area (Å²) in [4.78, 5) is 14.0. The van der Waals surface area contributed by atoms with Gasteiger partial charge < -0.3 is 5.32 Å². The number of aryl methyl sites for hydroxylation is 2. The molecule has 1 aromatic carbocycles. The summed E-state index contributed by atoms with van der Waals surface area (Å²) < 4.78 is 1.11. The molecule has 146 valence electrons. The van der Waals surface area contributed by atoms with E-state index in [1.807, 2.05) is 23.1 Å². The van der Waals surface area contributed by atoms with Gasteiger partial charge in [-0.3, -0.25) is 0 Å². The van der Waals surface area contributed by atoms with E-state index in [1.165, 1.54) is 72.0 Å². The maximum atomic E-state index is 5.03. The highest BCUT2D eigenvalue weighted by atomic mass is 79.9. The van der Waals surface area contributed by atoms with Gasteiger partial charge in [-0.2, -0.15) is 0 Å². The van der Waals surface area contributed by atoms with E-state index >= 15 is 0 Å². The van der Waals surface area contributed by atoms with E-state index in [0.717, 1.165) is 21.9 Å². The Morgan fingerprint density at radius 1 is 1.04 bits per heavy atom. The van der Waals surface area contributed by atoms with Crippen LogP contribution in [0.25, 0.3) is 10.2 Å². The Morgan fingerprint density at radius 2 is 1.82 bits per heavy atom. The molecule has 0 saturated heterocycles. The van der Waals surface area contributed by atoms with Crippen LogP contribution >= 0.6 is 39.0 Å². The molecule has 0 radical (unpaired) electrons. The molecule has 2 aliphatic rings. The number of hydrogen-bond acceptors (Lipinski definition) is 5. The molecule has 6 heteroatoms. The molecule has 0 bridgehead atoms. The Morgan fingerprint density at radius 3 is 2.64 bits per heavy atom. The largest absolute Gasteiger partial charge is 0.367 e. The molecule has 0 spiro atoms. The van der Waals surface area contributed by atoms with Gasteiger partial charge >= 0.3 is 0 Å². The number of rotatable bonds is 5. The standard InChI is InChI=1S/C22H24BrN3S2/c23-14-9-11-16(12-10-14)27-13-19-25-21(24-15-5-1-2-6-15)20-17-7-3-4-8-18(17)28-22(20)26-19/h9-12,15H,1-8,13H2,(H,24,25,26). The molecule has 3 aromatic rings. The normalized spacial score (nSPS) is 17.2. The summed E-state index contributed by atoms with van der Waals surface area (Å²) in [5.41, 5.74) is 1.53. The Bertz CT molecular complexity index is 978. The fourth-order valence-electron chi connectivity index (χ4n) is 4.31. The maximum Gasteiger partial charge on any atom is 0.142 e. The van der Waals surface area contributed by atoms with Crippen LogP contribution in [-0.4, -0.2) is 16.0 Å². The van der Waals surface area contributed by atoms with Crippen LogP contribution in [0.5, 0.6) is 0 Å². The number of nitrogens with one attached hydrogen (secondary N) is 1. The van der Waals surface area contributed by atoms with Gasteiger partial charge in [0.05, 0.1) is 11.1 Å². The van der Waals surface area contributed by atoms with Crippen LogP contribution in [0.4, 0.5) is 5.82 Å². The van der Waals surface area contributed by atoms with Crippen molar-refractivity contribution in [2.24, 2.45) is 0 Å². The van der Waals surface area contributed by atoms with Gasteiger partial charge in [-0.15, -0.1) is 23.1 Å². The molecular formula is C22H24BrN3S2. The van der Waals surface area contributed by atoms with Gasteiger partial charge in [0.1, 0.15) is 16.5 Å². The van der Waals surface area contributed by atoms with Crippen molar-refractivity contribution >= 4 is 55.1 Å². The highest BCUT2D eigenvalue weighted by Crippen LogP contribution is 2.40. The number of thioether (sulfide) groups is 1. The quantitative estimate of drug-likeness (QED) is 0.405. The number of anilines is 1. The lowest BCUT2D eigenvalue weighted by atomic mass is 9.97. The fraction of sp³-hybridized carbons (Fsp3) is 0.455. The van der Waals surface area contributed by atoms with Crippen molar-refractivity contribution in [2.45, 2.75) is 68.1 Å². The Hall–Kier alpha value is -1.11. The molecule has 2 heterocycles. The minimum absolute atomic E-state index is 0.573. The number of thiophene rings is 1. The predicted octanol–water partition coefficient (Wildman–Crippen LogP) is 6.98. The summed E-state index contributed by atoms with van der Waals surface area (Å²) in [7, 11) is 0. The van der Waals surface area contributed by atoms with Crippen molar-refractivity contribution in [3.8, 4) is 0 Å². The van der Waals surface area contributed by atoms with Gasteiger partial charge in [-0.05, 0) is 68.4 Å². The Kier molecular flexibility index (Phi) is 5.62. The first kappa shape index (κ1) is 18.9. The molecule has 0 aliphatic heterocycles. The molecule has 3 nitrogen and oxygen atoms in total. The molecule has 0 unspecified atom stereocenters. The van der Waals surface area contributed by atoms with E-state index in [0.29, 0.717) is 6.04 Å². The summed E-state index contributed by atoms with van der Waals surface area (Å²) in [6.45, 7) is 0. The minimum Gasteiger partial charge on any atom is -0.367 e. The first-order valence-electron chi connectivity index (χ1n) is 10.2. The van der Waals surface area contributed by atoms with Crippen LogP contribution in [0.15, 0.2) is 33.6 Å². The zero-order valence-corrected chi connectivity index (χ0v) is 19.1. The summed E-state index contributed by atoms with van der Waals surface area (Å²) in [6.07, 6.45) is 10.2. The van der Waals surface area contributed by atoms with Gasteiger partial charge in [0, 0.05) is 20.3 Å². The third-order valence-corrected chi connectivity index (χ3v) is 8.46. The third-order valence-electron chi connectivity index (χ3n) is 5.74. The molecular weight excluding hydrogens is 450 g/mol. The molecule has 1 N–H and O–H groups in total. The first-order chi connectivity index (χ1) is 13.8. The number of fused-ring (bicyclic) bond motifs is 3. The van der Waals surface area contributed by atoms with E-state index in [2.05, 4.69) is 45.5 Å². The minimum atomic E-state index is 0.573. The Balaban J connectivity index is 1.47. The van der Waals surface area contributed by atoms with Gasteiger partial charge in [0.2, 0.25) is 0 Å². The van der Waals surface area contributed by atoms with Crippen molar-refractivity contribution in [1.82, 2.24) is 9.97 Å². The second-order valence-electron chi connectivity index (χ2n) is 7.75. The molecule has 2 aliphatic carbocycles. The molecule has 0 atom stereocenters. The molecule has 28 heavy (non-hydrogen) atoms. The second-order valence-corrected chi connectivity index (χ2v) is 10.8. The fourth-order valence-corrected chi connectivity index (χ4v) is 6.61. The molecule has 1 saturated carbocycles. The van der Waals surface area contributed by atoms with Crippen LogP contribution < -0.4 is 5.32 Å². The van der Waals surface area contributed by atoms with Crippen molar-refractivity contribution in [1.29, 1.82) is 0 Å². The van der Waals surface area contributed by atoms with Crippen LogP contribution in [0.3, 0.4) is 0 Å². The third kappa shape index (κ3) is 3.96. The van der Waals surface area contributed by atoms with Crippen molar-refractivity contribution < 1.29 is 0 Å². The van der Waals surface area contributed by atoms with Crippen LogP contribution in [0, 0.1) is 0 Å². The summed E-state index contributed by atoms with van der Waals surface area (Å²) >= 11 is 7.22. The zero-order valence-electron chi connectivity index (χ0n) is 15.8. The molecule has 2 aromatic heterocycles. The van der Waals surface area contributed by atoms with E-state index in [9.17, 15) is 0 Å². The zero-order chi connectivity index (χ0) is 18.9. The topological polar surface area (TPSA) is 37.8 Å². The lowest BCUT2D eigenvalue weighted by molar-refractivity contribution is 0.699. The van der Waals surface area contributed by atoms with E-state index in [-0.39, 0.29) is 0 Å². The number of halogens is 1. The van der Waals surface area contributed by atoms with Gasteiger partial charge in [0.25, 0.3) is 0 Å².